The lowest BCUT2D eigenvalue weighted by Gasteiger charge is -2.31. The number of ketones is 1. The number of Topliss-reactive ketones (excluding diaryl/α,β-unsaturated/α-hetero) is 1. The molecule has 2 aliphatic rings. The highest BCUT2D eigenvalue weighted by Gasteiger charge is 2.37. The Bertz CT molecular complexity index is 1100. The van der Waals surface area contributed by atoms with Crippen molar-refractivity contribution in [3.63, 3.8) is 0 Å². The zero-order chi connectivity index (χ0) is 20.2. The van der Waals surface area contributed by atoms with E-state index in [0.29, 0.717) is 18.0 Å². The fourth-order valence-electron chi connectivity index (χ4n) is 4.38. The number of hydrogen-bond donors (Lipinski definition) is 2. The van der Waals surface area contributed by atoms with E-state index in [1.165, 1.54) is 0 Å². The Hall–Kier alpha value is -3.00. The normalized spacial score (nSPS) is 20.9. The summed E-state index contributed by atoms with van der Waals surface area (Å²) in [6.45, 7) is 5.67. The van der Waals surface area contributed by atoms with E-state index in [4.69, 9.17) is 5.73 Å². The van der Waals surface area contributed by atoms with Crippen LogP contribution in [-0.2, 0) is 16.6 Å². The highest BCUT2D eigenvalue weighted by molar-refractivity contribution is 5.96. The summed E-state index contributed by atoms with van der Waals surface area (Å²) in [6.07, 6.45) is 6.10. The molecule has 1 aliphatic carbocycles. The zero-order valence-corrected chi connectivity index (χ0v) is 16.7. The maximum Gasteiger partial charge on any atom is 0.247 e. The monoisotopic (exact) mass is 391 g/mol. The fourth-order valence-corrected chi connectivity index (χ4v) is 4.38. The highest BCUT2D eigenvalue weighted by atomic mass is 16.1. The quantitative estimate of drug-likeness (QED) is 0.706. The molecule has 0 saturated carbocycles. The van der Waals surface area contributed by atoms with Gasteiger partial charge in [-0.3, -0.25) is 4.79 Å². The van der Waals surface area contributed by atoms with Gasteiger partial charge in [0.25, 0.3) is 0 Å². The molecule has 8 nitrogen and oxygen atoms in total. The van der Waals surface area contributed by atoms with Crippen LogP contribution in [-0.4, -0.2) is 44.5 Å². The van der Waals surface area contributed by atoms with E-state index < -0.39 is 5.41 Å². The summed E-state index contributed by atoms with van der Waals surface area (Å²) in [4.78, 5) is 23.7. The fraction of sp³-hybridized carbons (Fsp3) is 0.429. The third kappa shape index (κ3) is 3.04. The smallest absolute Gasteiger partial charge is 0.247 e. The third-order valence-electron chi connectivity index (χ3n) is 6.08. The molecule has 0 spiro atoms. The number of nitrogens with two attached hydrogens (primary N) is 1. The Kier molecular flexibility index (Phi) is 4.06. The molecule has 29 heavy (non-hydrogen) atoms. The van der Waals surface area contributed by atoms with Gasteiger partial charge in [0.05, 0.1) is 0 Å². The number of nitrogens with one attached hydrogen (secondary N) is 1. The van der Waals surface area contributed by atoms with Crippen LogP contribution in [0.4, 0.5) is 17.5 Å². The van der Waals surface area contributed by atoms with Gasteiger partial charge in [0, 0.05) is 49.0 Å². The third-order valence-corrected chi connectivity index (χ3v) is 6.08. The Morgan fingerprint density at radius 2 is 2.17 bits per heavy atom. The van der Waals surface area contributed by atoms with Crippen LogP contribution in [0.25, 0.3) is 5.65 Å². The van der Waals surface area contributed by atoms with Crippen LogP contribution < -0.4 is 16.0 Å². The van der Waals surface area contributed by atoms with Gasteiger partial charge in [0.2, 0.25) is 5.95 Å². The van der Waals surface area contributed by atoms with Gasteiger partial charge in [-0.1, -0.05) is 6.07 Å². The van der Waals surface area contributed by atoms with E-state index >= 15 is 0 Å². The molecule has 1 aromatic carbocycles. The Labute approximate surface area is 169 Å². The number of carbonyl (C=O) groups excluding carboxylic acids is 1. The first kappa shape index (κ1) is 18.1. The number of fused-ring (bicyclic) bond motifs is 2. The van der Waals surface area contributed by atoms with Crippen molar-refractivity contribution < 1.29 is 4.79 Å². The SMILES string of the molecule is CC1(C)C(=O)Cc2cc(Nc3nc4c(N5CCC[C@@H](N)C5)nccn4n3)ccc21. The first-order chi connectivity index (χ1) is 13.9. The van der Waals surface area contributed by atoms with Gasteiger partial charge in [-0.2, -0.15) is 4.98 Å². The molecule has 3 N–H and O–H groups in total. The lowest BCUT2D eigenvalue weighted by molar-refractivity contribution is -0.121. The van der Waals surface area contributed by atoms with Crippen LogP contribution in [0.1, 0.15) is 37.8 Å². The molecular formula is C21H25N7O. The van der Waals surface area contributed by atoms with Crippen LogP contribution in [0.3, 0.4) is 0 Å². The molecule has 0 unspecified atom stereocenters. The summed E-state index contributed by atoms with van der Waals surface area (Å²) in [7, 11) is 0. The first-order valence-corrected chi connectivity index (χ1v) is 10.1. The topological polar surface area (TPSA) is 101 Å². The average Bonchev–Trinajstić information content (AvgIpc) is 3.19. The minimum Gasteiger partial charge on any atom is -0.352 e. The summed E-state index contributed by atoms with van der Waals surface area (Å²) in [6, 6.07) is 6.19. The van der Waals surface area contributed by atoms with Gasteiger partial charge in [0.1, 0.15) is 5.78 Å². The largest absolute Gasteiger partial charge is 0.352 e. The molecule has 5 rings (SSSR count). The van der Waals surface area contributed by atoms with E-state index in [-0.39, 0.29) is 11.8 Å². The lowest BCUT2D eigenvalue weighted by Crippen LogP contribution is -2.43. The number of rotatable bonds is 3. The van der Waals surface area contributed by atoms with Crippen molar-refractivity contribution in [3.8, 4) is 0 Å². The van der Waals surface area contributed by atoms with E-state index in [1.807, 2.05) is 32.0 Å². The molecule has 0 amide bonds. The zero-order valence-electron chi connectivity index (χ0n) is 16.7. The second-order valence-corrected chi connectivity index (χ2v) is 8.52. The first-order valence-electron chi connectivity index (χ1n) is 10.1. The number of aromatic nitrogens is 4. The number of nitrogens with zero attached hydrogens (tertiary/aromatic N) is 5. The second-order valence-electron chi connectivity index (χ2n) is 8.52. The van der Waals surface area contributed by atoms with Gasteiger partial charge < -0.3 is 16.0 Å². The van der Waals surface area contributed by atoms with Crippen LogP contribution in [0.15, 0.2) is 30.6 Å². The van der Waals surface area contributed by atoms with Gasteiger partial charge in [-0.05, 0) is 49.9 Å². The molecular weight excluding hydrogens is 366 g/mol. The number of piperidine rings is 1. The van der Waals surface area contributed by atoms with Gasteiger partial charge >= 0.3 is 0 Å². The molecule has 0 bridgehead atoms. The molecule has 3 heterocycles. The van der Waals surface area contributed by atoms with E-state index in [1.54, 1.807) is 16.9 Å². The summed E-state index contributed by atoms with van der Waals surface area (Å²) in [5, 5.41) is 7.83. The highest BCUT2D eigenvalue weighted by Crippen LogP contribution is 2.37. The van der Waals surface area contributed by atoms with E-state index in [0.717, 1.165) is 48.6 Å². The van der Waals surface area contributed by atoms with E-state index in [2.05, 4.69) is 25.3 Å². The Balaban J connectivity index is 1.44. The molecule has 1 fully saturated rings. The van der Waals surface area contributed by atoms with Gasteiger partial charge in [-0.15, -0.1) is 5.10 Å². The van der Waals surface area contributed by atoms with Crippen molar-refractivity contribution in [2.75, 3.05) is 23.3 Å². The summed E-state index contributed by atoms with van der Waals surface area (Å²) in [5.41, 5.74) is 9.48. The number of benzene rings is 1. The molecule has 2 aromatic heterocycles. The predicted molar refractivity (Wildman–Crippen MR) is 112 cm³/mol. The van der Waals surface area contributed by atoms with Crippen molar-refractivity contribution in [1.82, 2.24) is 19.6 Å². The van der Waals surface area contributed by atoms with Crippen LogP contribution in [0, 0.1) is 0 Å². The maximum atomic E-state index is 12.3. The molecule has 150 valence electrons. The number of anilines is 3. The van der Waals surface area contributed by atoms with Gasteiger partial charge in [0.15, 0.2) is 11.5 Å². The minimum absolute atomic E-state index is 0.157. The average molecular weight is 391 g/mol. The van der Waals surface area contributed by atoms with Crippen LogP contribution in [0.2, 0.25) is 0 Å². The van der Waals surface area contributed by atoms with Crippen LogP contribution in [0.5, 0.6) is 0 Å². The molecule has 3 aromatic rings. The standard InChI is InChI=1S/C21H25N7O/c1-21(2)16-6-5-15(10-13(16)11-17(21)29)24-20-25-19-18(23-7-9-28(19)26-20)27-8-3-4-14(22)12-27/h5-7,9-10,14H,3-4,8,11-12,22H2,1-2H3,(H,24,26)/t14-/m1/s1. The lowest BCUT2D eigenvalue weighted by atomic mass is 9.86. The Morgan fingerprint density at radius 1 is 1.31 bits per heavy atom. The van der Waals surface area contributed by atoms with Crippen LogP contribution >= 0.6 is 0 Å². The van der Waals surface area contributed by atoms with Crippen molar-refractivity contribution in [2.24, 2.45) is 5.73 Å². The minimum atomic E-state index is -0.412. The van der Waals surface area contributed by atoms with Crippen molar-refractivity contribution in [1.29, 1.82) is 0 Å². The second kappa shape index (κ2) is 6.52. The predicted octanol–water partition coefficient (Wildman–Crippen LogP) is 2.20. The molecule has 1 aliphatic heterocycles. The van der Waals surface area contributed by atoms with Crippen molar-refractivity contribution in [2.45, 2.75) is 44.6 Å². The molecule has 1 atom stereocenters. The summed E-state index contributed by atoms with van der Waals surface area (Å²) >= 11 is 0. The number of hydrogen-bond acceptors (Lipinski definition) is 7. The summed E-state index contributed by atoms with van der Waals surface area (Å²) < 4.78 is 1.74. The van der Waals surface area contributed by atoms with E-state index in [9.17, 15) is 4.79 Å². The van der Waals surface area contributed by atoms with Crippen molar-refractivity contribution >= 4 is 28.9 Å². The maximum absolute atomic E-state index is 12.3. The molecule has 1 saturated heterocycles. The van der Waals surface area contributed by atoms with Crippen molar-refractivity contribution in [3.05, 3.63) is 41.7 Å². The van der Waals surface area contributed by atoms with Gasteiger partial charge in [-0.25, -0.2) is 9.50 Å². The molecule has 0 radical (unpaired) electrons. The summed E-state index contributed by atoms with van der Waals surface area (Å²) in [5.74, 6) is 1.57. The number of carbonyl (C=O) groups is 1. The molecule has 8 heteroatoms. The Morgan fingerprint density at radius 3 is 3.00 bits per heavy atom.